The van der Waals surface area contributed by atoms with Crippen molar-refractivity contribution in [3.63, 3.8) is 0 Å². The summed E-state index contributed by atoms with van der Waals surface area (Å²) >= 11 is 0. The van der Waals surface area contributed by atoms with Crippen molar-refractivity contribution in [2.75, 3.05) is 11.5 Å². The lowest BCUT2D eigenvalue weighted by atomic mass is 10.1. The zero-order valence-electron chi connectivity index (χ0n) is 15.8. The highest BCUT2D eigenvalue weighted by Gasteiger charge is 2.24. The molecule has 0 atom stereocenters. The third-order valence-corrected chi connectivity index (χ3v) is 4.22. The normalized spacial score (nSPS) is 13.2. The van der Waals surface area contributed by atoms with E-state index in [1.54, 1.807) is 30.3 Å². The molecule has 7 nitrogen and oxygen atoms in total. The number of benzene rings is 2. The fourth-order valence-corrected chi connectivity index (χ4v) is 2.59. The summed E-state index contributed by atoms with van der Waals surface area (Å²) in [6, 6.07) is 12.6. The van der Waals surface area contributed by atoms with Gasteiger partial charge in [0.05, 0.1) is 17.9 Å². The highest BCUT2D eigenvalue weighted by Crippen LogP contribution is 2.20. The number of nitrogens with zero attached hydrogens (tertiary/aromatic N) is 1. The first-order chi connectivity index (χ1) is 14.4. The number of ketones is 1. The van der Waals surface area contributed by atoms with Crippen LogP contribution in [-0.2, 0) is 14.4 Å². The molecule has 2 aromatic rings. The number of rotatable bonds is 7. The van der Waals surface area contributed by atoms with E-state index in [-0.39, 0.29) is 17.1 Å². The van der Waals surface area contributed by atoms with Crippen LogP contribution in [0.2, 0.25) is 0 Å². The van der Waals surface area contributed by atoms with Crippen molar-refractivity contribution < 1.29 is 29.0 Å². The maximum atomic E-state index is 12.3. The number of carbonyl (C=O) groups is 4. The van der Waals surface area contributed by atoms with Crippen LogP contribution in [0.4, 0.5) is 5.69 Å². The number of amides is 2. The summed E-state index contributed by atoms with van der Waals surface area (Å²) in [6.07, 6.45) is 5.42. The third kappa shape index (κ3) is 4.65. The minimum absolute atomic E-state index is 0.0705. The summed E-state index contributed by atoms with van der Waals surface area (Å²) in [6.45, 7) is 2.88. The molecule has 0 unspecified atom stereocenters. The number of hydrogen-bond acceptors (Lipinski definition) is 6. The van der Waals surface area contributed by atoms with Crippen LogP contribution in [0.5, 0.6) is 5.75 Å². The standard InChI is InChI=1S/C23H17NO6/c1-15(14-25)23(29)30-19-9-5-17(6-10-19)20(26)11-4-16-2-7-18(8-3-16)24-21(27)12-13-22(24)28/h2-13,25H,1,14H2/b11-4+. The molecule has 30 heavy (non-hydrogen) atoms. The van der Waals surface area contributed by atoms with Gasteiger partial charge in [0.15, 0.2) is 5.78 Å². The number of aliphatic hydroxyl groups excluding tert-OH is 1. The second kappa shape index (κ2) is 8.93. The van der Waals surface area contributed by atoms with Crippen LogP contribution in [0.25, 0.3) is 6.08 Å². The molecule has 2 amide bonds. The quantitative estimate of drug-likeness (QED) is 0.251. The number of allylic oxidation sites excluding steroid dienone is 1. The van der Waals surface area contributed by atoms with Gasteiger partial charge in [-0.2, -0.15) is 0 Å². The molecular weight excluding hydrogens is 386 g/mol. The molecule has 150 valence electrons. The van der Waals surface area contributed by atoms with Crippen molar-refractivity contribution >= 4 is 35.3 Å². The Bertz CT molecular complexity index is 1060. The zero-order valence-corrected chi connectivity index (χ0v) is 15.8. The summed E-state index contributed by atoms with van der Waals surface area (Å²) in [5.41, 5.74) is 1.49. The number of anilines is 1. The van der Waals surface area contributed by atoms with Crippen LogP contribution in [0.1, 0.15) is 15.9 Å². The van der Waals surface area contributed by atoms with Gasteiger partial charge in [-0.05, 0) is 48.0 Å². The van der Waals surface area contributed by atoms with E-state index >= 15 is 0 Å². The van der Waals surface area contributed by atoms with Crippen LogP contribution < -0.4 is 9.64 Å². The van der Waals surface area contributed by atoms with Gasteiger partial charge >= 0.3 is 5.97 Å². The van der Waals surface area contributed by atoms with Crippen molar-refractivity contribution in [1.29, 1.82) is 0 Å². The van der Waals surface area contributed by atoms with Crippen molar-refractivity contribution in [2.45, 2.75) is 0 Å². The number of hydrogen-bond donors (Lipinski definition) is 1. The summed E-state index contributed by atoms with van der Waals surface area (Å²) in [5, 5.41) is 8.86. The van der Waals surface area contributed by atoms with Crippen LogP contribution in [0, 0.1) is 0 Å². The number of carbonyl (C=O) groups excluding carboxylic acids is 4. The van der Waals surface area contributed by atoms with E-state index in [0.29, 0.717) is 16.8 Å². The average molecular weight is 403 g/mol. The molecule has 1 aliphatic rings. The van der Waals surface area contributed by atoms with Crippen molar-refractivity contribution in [1.82, 2.24) is 0 Å². The Hall–Kier alpha value is -4.10. The van der Waals surface area contributed by atoms with Crippen LogP contribution in [-0.4, -0.2) is 35.3 Å². The van der Waals surface area contributed by atoms with Gasteiger partial charge in [0, 0.05) is 17.7 Å². The highest BCUT2D eigenvalue weighted by atomic mass is 16.5. The molecule has 2 aromatic carbocycles. The molecule has 0 spiro atoms. The average Bonchev–Trinajstić information content (AvgIpc) is 3.10. The number of esters is 1. The van der Waals surface area contributed by atoms with Crippen LogP contribution in [0.3, 0.4) is 0 Å². The molecule has 0 saturated heterocycles. The second-order valence-electron chi connectivity index (χ2n) is 6.31. The monoisotopic (exact) mass is 403 g/mol. The summed E-state index contributed by atoms with van der Waals surface area (Å²) < 4.78 is 5.02. The molecule has 7 heteroatoms. The molecule has 0 radical (unpaired) electrons. The molecule has 1 heterocycles. The second-order valence-corrected chi connectivity index (χ2v) is 6.31. The van der Waals surface area contributed by atoms with E-state index in [9.17, 15) is 19.2 Å². The lowest BCUT2D eigenvalue weighted by Crippen LogP contribution is -2.29. The number of imide groups is 1. The molecular formula is C23H17NO6. The third-order valence-electron chi connectivity index (χ3n) is 4.22. The minimum atomic E-state index is -0.743. The van der Waals surface area contributed by atoms with Gasteiger partial charge in [-0.25, -0.2) is 9.69 Å². The first-order valence-corrected chi connectivity index (χ1v) is 8.88. The van der Waals surface area contributed by atoms with Gasteiger partial charge in [-0.1, -0.05) is 24.8 Å². The molecule has 1 N–H and O–H groups in total. The Balaban J connectivity index is 1.63. The van der Waals surface area contributed by atoms with Crippen molar-refractivity contribution in [3.8, 4) is 5.75 Å². The molecule has 3 rings (SSSR count). The predicted octanol–water partition coefficient (Wildman–Crippen LogP) is 2.47. The first-order valence-electron chi connectivity index (χ1n) is 8.88. The van der Waals surface area contributed by atoms with E-state index in [0.717, 1.165) is 4.90 Å². The van der Waals surface area contributed by atoms with Gasteiger partial charge < -0.3 is 9.84 Å². The largest absolute Gasteiger partial charge is 0.423 e. The van der Waals surface area contributed by atoms with Crippen molar-refractivity contribution in [3.05, 3.63) is 90.0 Å². The van der Waals surface area contributed by atoms with E-state index < -0.39 is 24.4 Å². The van der Waals surface area contributed by atoms with Crippen molar-refractivity contribution in [2.24, 2.45) is 0 Å². The summed E-state index contributed by atoms with van der Waals surface area (Å²) in [5.74, 6) is -1.56. The smallest absolute Gasteiger partial charge is 0.341 e. The van der Waals surface area contributed by atoms with Crippen LogP contribution in [0.15, 0.2) is 78.9 Å². The molecule has 0 bridgehead atoms. The predicted molar refractivity (Wildman–Crippen MR) is 110 cm³/mol. The first kappa shape index (κ1) is 20.6. The summed E-state index contributed by atoms with van der Waals surface area (Å²) in [7, 11) is 0. The van der Waals surface area contributed by atoms with Gasteiger partial charge in [-0.3, -0.25) is 14.4 Å². The molecule has 0 saturated carbocycles. The van der Waals surface area contributed by atoms with Gasteiger partial charge in [0.1, 0.15) is 5.75 Å². The Kier molecular flexibility index (Phi) is 6.14. The zero-order chi connectivity index (χ0) is 21.7. The Morgan fingerprint density at radius 2 is 1.57 bits per heavy atom. The number of ether oxygens (including phenoxy) is 1. The van der Waals surface area contributed by atoms with E-state index in [2.05, 4.69) is 6.58 Å². The van der Waals surface area contributed by atoms with Gasteiger partial charge in [-0.15, -0.1) is 0 Å². The number of aliphatic hydroxyl groups is 1. The lowest BCUT2D eigenvalue weighted by Gasteiger charge is -2.13. The van der Waals surface area contributed by atoms with E-state index in [1.165, 1.54) is 42.5 Å². The molecule has 0 fully saturated rings. The van der Waals surface area contributed by atoms with Gasteiger partial charge in [0.2, 0.25) is 0 Å². The van der Waals surface area contributed by atoms with Gasteiger partial charge in [0.25, 0.3) is 11.8 Å². The fourth-order valence-electron chi connectivity index (χ4n) is 2.59. The summed E-state index contributed by atoms with van der Waals surface area (Å²) in [4.78, 5) is 48.3. The molecule has 0 aromatic heterocycles. The lowest BCUT2D eigenvalue weighted by molar-refractivity contribution is -0.130. The fraction of sp³-hybridized carbons (Fsp3) is 0.0435. The highest BCUT2D eigenvalue weighted by molar-refractivity contribution is 6.28. The minimum Gasteiger partial charge on any atom is -0.423 e. The van der Waals surface area contributed by atoms with E-state index in [4.69, 9.17) is 9.84 Å². The maximum absolute atomic E-state index is 12.3. The Morgan fingerprint density at radius 3 is 2.13 bits per heavy atom. The Morgan fingerprint density at radius 1 is 0.967 bits per heavy atom. The van der Waals surface area contributed by atoms with Crippen LogP contribution >= 0.6 is 0 Å². The molecule has 0 aliphatic carbocycles. The van der Waals surface area contributed by atoms with E-state index in [1.807, 2.05) is 0 Å². The maximum Gasteiger partial charge on any atom is 0.341 e. The Labute approximate surface area is 172 Å². The topological polar surface area (TPSA) is 101 Å². The SMILES string of the molecule is C=C(CO)C(=O)Oc1ccc(C(=O)/C=C/c2ccc(N3C(=O)C=CC3=O)cc2)cc1. The molecule has 1 aliphatic heterocycles.